The maximum atomic E-state index is 12.3. The summed E-state index contributed by atoms with van der Waals surface area (Å²) in [6.45, 7) is 3.77. The lowest BCUT2D eigenvalue weighted by atomic mass is 10.1. The number of nitrogens with one attached hydrogen (secondary N) is 1. The number of rotatable bonds is 5. The van der Waals surface area contributed by atoms with Gasteiger partial charge in [-0.25, -0.2) is 4.98 Å². The minimum Gasteiger partial charge on any atom is -0.368 e. The Labute approximate surface area is 117 Å². The lowest BCUT2D eigenvalue weighted by Crippen LogP contribution is -2.44. The monoisotopic (exact) mass is 274 g/mol. The summed E-state index contributed by atoms with van der Waals surface area (Å²) < 4.78 is 1.83. The van der Waals surface area contributed by atoms with E-state index in [-0.39, 0.29) is 5.91 Å². The van der Waals surface area contributed by atoms with E-state index in [2.05, 4.69) is 10.3 Å². The minimum atomic E-state index is -0.634. The van der Waals surface area contributed by atoms with Crippen LogP contribution >= 0.6 is 0 Å². The van der Waals surface area contributed by atoms with Crippen LogP contribution in [0, 0.1) is 6.92 Å². The lowest BCUT2D eigenvalue weighted by Gasteiger charge is -2.16. The zero-order valence-corrected chi connectivity index (χ0v) is 11.6. The average molecular weight is 274 g/mol. The van der Waals surface area contributed by atoms with Gasteiger partial charge in [0.25, 0.3) is 5.91 Å². The van der Waals surface area contributed by atoms with Crippen molar-refractivity contribution in [3.8, 4) is 0 Å². The molecule has 6 heteroatoms. The van der Waals surface area contributed by atoms with Crippen molar-refractivity contribution in [3.05, 3.63) is 35.9 Å². The number of hydrogen-bond acceptors (Lipinski definition) is 3. The summed E-state index contributed by atoms with van der Waals surface area (Å²) in [4.78, 5) is 27.6. The molecule has 20 heavy (non-hydrogen) atoms. The van der Waals surface area contributed by atoms with E-state index in [9.17, 15) is 9.59 Å². The first-order chi connectivity index (χ1) is 9.54. The number of imidazole rings is 1. The molecule has 0 saturated heterocycles. The Morgan fingerprint density at radius 2 is 2.20 bits per heavy atom. The number of aromatic nitrogens is 2. The zero-order valence-electron chi connectivity index (χ0n) is 11.6. The number of amides is 2. The van der Waals surface area contributed by atoms with Crippen molar-refractivity contribution >= 4 is 17.3 Å². The molecule has 106 valence electrons. The maximum Gasteiger partial charge on any atom is 0.253 e. The summed E-state index contributed by atoms with van der Waals surface area (Å²) in [5, 5.41) is 2.68. The fourth-order valence-electron chi connectivity index (χ4n) is 2.18. The predicted octanol–water partition coefficient (Wildman–Crippen LogP) is 1.03. The molecule has 0 saturated carbocycles. The van der Waals surface area contributed by atoms with Crippen molar-refractivity contribution in [2.45, 2.75) is 32.7 Å². The van der Waals surface area contributed by atoms with Crippen molar-refractivity contribution in [3.63, 3.8) is 0 Å². The molecule has 6 nitrogen and oxygen atoms in total. The van der Waals surface area contributed by atoms with Gasteiger partial charge in [0.2, 0.25) is 5.91 Å². The van der Waals surface area contributed by atoms with Gasteiger partial charge >= 0.3 is 0 Å². The SMILES string of the molecule is CCC[C@H](NC(=O)c1ccc2cncn2c1C)C(N)=O. The van der Waals surface area contributed by atoms with E-state index in [1.54, 1.807) is 18.6 Å². The van der Waals surface area contributed by atoms with Gasteiger partial charge in [-0.2, -0.15) is 0 Å². The van der Waals surface area contributed by atoms with E-state index in [0.717, 1.165) is 17.6 Å². The zero-order chi connectivity index (χ0) is 14.7. The van der Waals surface area contributed by atoms with Crippen molar-refractivity contribution in [1.82, 2.24) is 14.7 Å². The molecule has 2 heterocycles. The molecule has 0 aliphatic rings. The molecule has 3 N–H and O–H groups in total. The highest BCUT2D eigenvalue weighted by molar-refractivity contribution is 5.98. The summed E-state index contributed by atoms with van der Waals surface area (Å²) in [5.74, 6) is -0.808. The van der Waals surface area contributed by atoms with E-state index >= 15 is 0 Å². The number of nitrogens with zero attached hydrogens (tertiary/aromatic N) is 2. The second-order valence-electron chi connectivity index (χ2n) is 4.74. The van der Waals surface area contributed by atoms with Gasteiger partial charge in [-0.3, -0.25) is 9.59 Å². The number of nitrogens with two attached hydrogens (primary N) is 1. The highest BCUT2D eigenvalue weighted by atomic mass is 16.2. The molecule has 0 aromatic carbocycles. The minimum absolute atomic E-state index is 0.296. The Morgan fingerprint density at radius 3 is 2.85 bits per heavy atom. The summed E-state index contributed by atoms with van der Waals surface area (Å²) in [6, 6.07) is 2.91. The Balaban J connectivity index is 2.26. The molecule has 0 radical (unpaired) electrons. The van der Waals surface area contributed by atoms with Gasteiger partial charge in [-0.15, -0.1) is 0 Å². The number of aryl methyl sites for hydroxylation is 1. The van der Waals surface area contributed by atoms with Gasteiger partial charge in [0.15, 0.2) is 0 Å². The van der Waals surface area contributed by atoms with E-state index in [4.69, 9.17) is 5.73 Å². The van der Waals surface area contributed by atoms with Crippen molar-refractivity contribution < 1.29 is 9.59 Å². The third-order valence-electron chi connectivity index (χ3n) is 3.31. The number of carbonyl (C=O) groups is 2. The maximum absolute atomic E-state index is 12.3. The molecule has 0 aliphatic carbocycles. The van der Waals surface area contributed by atoms with Crippen LogP contribution < -0.4 is 11.1 Å². The van der Waals surface area contributed by atoms with Gasteiger partial charge in [0.1, 0.15) is 6.04 Å². The highest BCUT2D eigenvalue weighted by Gasteiger charge is 2.19. The van der Waals surface area contributed by atoms with Crippen LogP contribution in [0.2, 0.25) is 0 Å². The molecule has 2 aromatic rings. The molecule has 0 spiro atoms. The molecular formula is C14H18N4O2. The van der Waals surface area contributed by atoms with E-state index in [0.29, 0.717) is 12.0 Å². The van der Waals surface area contributed by atoms with Crippen LogP contribution in [0.25, 0.3) is 5.52 Å². The van der Waals surface area contributed by atoms with Crippen molar-refractivity contribution in [1.29, 1.82) is 0 Å². The van der Waals surface area contributed by atoms with E-state index in [1.165, 1.54) is 0 Å². The summed E-state index contributed by atoms with van der Waals surface area (Å²) >= 11 is 0. The topological polar surface area (TPSA) is 89.5 Å². The molecule has 2 amide bonds. The largest absolute Gasteiger partial charge is 0.368 e. The van der Waals surface area contributed by atoms with Gasteiger partial charge in [0, 0.05) is 5.69 Å². The molecule has 2 aromatic heterocycles. The molecule has 0 aliphatic heterocycles. The average Bonchev–Trinajstić information content (AvgIpc) is 2.87. The van der Waals surface area contributed by atoms with Crippen LogP contribution in [0.5, 0.6) is 0 Å². The van der Waals surface area contributed by atoms with Gasteiger partial charge in [-0.1, -0.05) is 13.3 Å². The van der Waals surface area contributed by atoms with Gasteiger partial charge in [0.05, 0.1) is 23.6 Å². The summed E-state index contributed by atoms with van der Waals surface area (Å²) in [6.07, 6.45) is 4.68. The van der Waals surface area contributed by atoms with Crippen molar-refractivity contribution in [2.24, 2.45) is 5.73 Å². The van der Waals surface area contributed by atoms with Crippen LogP contribution in [0.15, 0.2) is 24.7 Å². The fraction of sp³-hybridized carbons (Fsp3) is 0.357. The first-order valence-corrected chi connectivity index (χ1v) is 6.56. The molecule has 1 atom stereocenters. The third-order valence-corrected chi connectivity index (χ3v) is 3.31. The molecule has 0 bridgehead atoms. The predicted molar refractivity (Wildman–Crippen MR) is 75.3 cm³/mol. The number of carbonyl (C=O) groups excluding carboxylic acids is 2. The number of hydrogen-bond donors (Lipinski definition) is 2. The van der Waals surface area contributed by atoms with Crippen LogP contribution in [0.3, 0.4) is 0 Å². The first kappa shape index (κ1) is 14.0. The Morgan fingerprint density at radius 1 is 1.45 bits per heavy atom. The Kier molecular flexibility index (Phi) is 4.02. The van der Waals surface area contributed by atoms with E-state index < -0.39 is 11.9 Å². The molecule has 0 unspecified atom stereocenters. The summed E-state index contributed by atoms with van der Waals surface area (Å²) in [7, 11) is 0. The molecule has 2 rings (SSSR count). The smallest absolute Gasteiger partial charge is 0.253 e. The Hall–Kier alpha value is -2.37. The van der Waals surface area contributed by atoms with Crippen molar-refractivity contribution in [2.75, 3.05) is 0 Å². The first-order valence-electron chi connectivity index (χ1n) is 6.56. The summed E-state index contributed by atoms with van der Waals surface area (Å²) in [5.41, 5.74) is 7.50. The molecular weight excluding hydrogens is 256 g/mol. The second kappa shape index (κ2) is 5.73. The fourth-order valence-corrected chi connectivity index (χ4v) is 2.18. The second-order valence-corrected chi connectivity index (χ2v) is 4.74. The quantitative estimate of drug-likeness (QED) is 0.853. The van der Waals surface area contributed by atoms with Gasteiger partial charge in [-0.05, 0) is 25.5 Å². The van der Waals surface area contributed by atoms with Crippen LogP contribution in [-0.4, -0.2) is 27.2 Å². The van der Waals surface area contributed by atoms with E-state index in [1.807, 2.05) is 24.3 Å². The Bertz CT molecular complexity index is 648. The third kappa shape index (κ3) is 2.64. The molecule has 0 fully saturated rings. The highest BCUT2D eigenvalue weighted by Crippen LogP contribution is 2.12. The number of primary amides is 1. The van der Waals surface area contributed by atoms with Crippen LogP contribution in [-0.2, 0) is 4.79 Å². The normalized spacial score (nSPS) is 12.3. The van der Waals surface area contributed by atoms with Gasteiger partial charge < -0.3 is 15.5 Å². The van der Waals surface area contributed by atoms with Crippen LogP contribution in [0.1, 0.15) is 35.8 Å². The lowest BCUT2D eigenvalue weighted by molar-refractivity contribution is -0.120. The number of pyridine rings is 1. The standard InChI is InChI=1S/C14H18N4O2/c1-3-4-12(13(15)19)17-14(20)11-6-5-10-7-16-8-18(10)9(11)2/h5-8,12H,3-4H2,1-2H3,(H2,15,19)(H,17,20)/t12-/m0/s1. The van der Waals surface area contributed by atoms with Crippen LogP contribution in [0.4, 0.5) is 0 Å². The number of fused-ring (bicyclic) bond motifs is 1.